The van der Waals surface area contributed by atoms with Crippen LogP contribution < -0.4 is 25.0 Å². The molecule has 0 aliphatic carbocycles. The number of hydrogen-bond acceptors (Lipinski definition) is 6. The fraction of sp³-hybridized carbons (Fsp3) is 0.174. The summed E-state index contributed by atoms with van der Waals surface area (Å²) >= 11 is 5.13. The molecule has 31 heavy (non-hydrogen) atoms. The summed E-state index contributed by atoms with van der Waals surface area (Å²) in [6.07, 6.45) is 1.59. The highest BCUT2D eigenvalue weighted by molar-refractivity contribution is 7.80. The molecule has 0 radical (unpaired) electrons. The molecular weight excluding hydrogens is 414 g/mol. The van der Waals surface area contributed by atoms with Gasteiger partial charge in [-0.25, -0.2) is 4.79 Å². The van der Waals surface area contributed by atoms with Gasteiger partial charge in [-0.3, -0.25) is 5.43 Å². The van der Waals surface area contributed by atoms with Crippen LogP contribution in [0, 0.1) is 0 Å². The lowest BCUT2D eigenvalue weighted by Crippen LogP contribution is -2.31. The van der Waals surface area contributed by atoms with Gasteiger partial charge < -0.3 is 19.5 Å². The van der Waals surface area contributed by atoms with Gasteiger partial charge in [0.05, 0.1) is 26.0 Å². The largest absolute Gasteiger partial charge is 0.493 e. The molecule has 3 aromatic carbocycles. The molecule has 7 nitrogen and oxygen atoms in total. The number of hydrazone groups is 1. The molecule has 0 atom stereocenters. The predicted octanol–water partition coefficient (Wildman–Crippen LogP) is 3.89. The number of methoxy groups -OCH3 is 2. The zero-order chi connectivity index (χ0) is 22.2. The summed E-state index contributed by atoms with van der Waals surface area (Å²) in [5, 5.41) is 9.44. The van der Waals surface area contributed by atoms with E-state index in [1.165, 1.54) is 14.2 Å². The van der Waals surface area contributed by atoms with Crippen molar-refractivity contribution in [3.8, 4) is 17.2 Å². The third-order valence-electron chi connectivity index (χ3n) is 4.45. The zero-order valence-corrected chi connectivity index (χ0v) is 18.3. The molecule has 0 saturated carbocycles. The van der Waals surface area contributed by atoms with Crippen molar-refractivity contribution in [2.75, 3.05) is 20.8 Å². The first-order valence-electron chi connectivity index (χ1n) is 9.60. The van der Waals surface area contributed by atoms with E-state index in [4.69, 9.17) is 26.4 Å². The number of carbonyl (C=O) groups excluding carboxylic acids is 1. The molecule has 3 aromatic rings. The van der Waals surface area contributed by atoms with Gasteiger partial charge in [0.2, 0.25) is 0 Å². The number of fused-ring (bicyclic) bond motifs is 1. The molecule has 0 amide bonds. The number of ether oxygens (including phenoxy) is 3. The van der Waals surface area contributed by atoms with E-state index in [0.717, 1.165) is 10.8 Å². The van der Waals surface area contributed by atoms with Gasteiger partial charge in [-0.1, -0.05) is 30.3 Å². The minimum atomic E-state index is -0.526. The van der Waals surface area contributed by atoms with Crippen LogP contribution >= 0.6 is 12.2 Å². The van der Waals surface area contributed by atoms with Crippen molar-refractivity contribution >= 4 is 40.3 Å². The van der Waals surface area contributed by atoms with Crippen LogP contribution in [0.1, 0.15) is 22.8 Å². The van der Waals surface area contributed by atoms with Gasteiger partial charge in [0.15, 0.2) is 16.6 Å². The van der Waals surface area contributed by atoms with Crippen molar-refractivity contribution in [3.05, 3.63) is 65.7 Å². The van der Waals surface area contributed by atoms with E-state index in [9.17, 15) is 4.79 Å². The normalized spacial score (nSPS) is 10.7. The van der Waals surface area contributed by atoms with E-state index in [1.807, 2.05) is 37.3 Å². The summed E-state index contributed by atoms with van der Waals surface area (Å²) in [5.74, 6) is 0.819. The van der Waals surface area contributed by atoms with Crippen molar-refractivity contribution in [2.45, 2.75) is 6.92 Å². The lowest BCUT2D eigenvalue weighted by atomic mass is 10.0. The summed E-state index contributed by atoms with van der Waals surface area (Å²) in [5.41, 5.74) is 3.74. The molecule has 0 fully saturated rings. The van der Waals surface area contributed by atoms with Crippen molar-refractivity contribution < 1.29 is 19.0 Å². The maximum Gasteiger partial charge on any atom is 0.343 e. The van der Waals surface area contributed by atoms with E-state index in [1.54, 1.807) is 30.5 Å². The first-order valence-corrected chi connectivity index (χ1v) is 10.0. The third-order valence-corrected chi connectivity index (χ3v) is 4.69. The molecule has 0 aromatic heterocycles. The van der Waals surface area contributed by atoms with Crippen LogP contribution in [0.4, 0.5) is 0 Å². The van der Waals surface area contributed by atoms with Crippen molar-refractivity contribution in [2.24, 2.45) is 5.10 Å². The van der Waals surface area contributed by atoms with Crippen LogP contribution in [0.3, 0.4) is 0 Å². The highest BCUT2D eigenvalue weighted by Gasteiger charge is 2.16. The second-order valence-electron chi connectivity index (χ2n) is 6.39. The molecule has 3 rings (SSSR count). The molecule has 0 saturated heterocycles. The maximum absolute atomic E-state index is 12.8. The Bertz CT molecular complexity index is 1130. The van der Waals surface area contributed by atoms with E-state index >= 15 is 0 Å². The Morgan fingerprint density at radius 3 is 2.52 bits per heavy atom. The molecule has 0 aliphatic rings. The smallest absolute Gasteiger partial charge is 0.343 e. The minimum Gasteiger partial charge on any atom is -0.493 e. The Balaban J connectivity index is 1.93. The number of rotatable bonds is 7. The molecule has 0 spiro atoms. The number of nitrogens with one attached hydrogen (secondary N) is 2. The van der Waals surface area contributed by atoms with Crippen LogP contribution in [-0.2, 0) is 0 Å². The molecule has 0 bridgehead atoms. The van der Waals surface area contributed by atoms with Gasteiger partial charge in [0.25, 0.3) is 0 Å². The van der Waals surface area contributed by atoms with E-state index in [0.29, 0.717) is 40.0 Å². The number of hydrogen-bond donors (Lipinski definition) is 2. The van der Waals surface area contributed by atoms with Gasteiger partial charge in [-0.15, -0.1) is 0 Å². The Hall–Kier alpha value is -3.65. The van der Waals surface area contributed by atoms with Crippen LogP contribution in [0.5, 0.6) is 17.2 Å². The SMILES string of the molecule is CCNC(=S)N/N=C/c1c(OC(=O)c2ccc(OC)c(OC)c2)ccc2ccccc12. The van der Waals surface area contributed by atoms with Gasteiger partial charge >= 0.3 is 5.97 Å². The Morgan fingerprint density at radius 2 is 1.77 bits per heavy atom. The average Bonchev–Trinajstić information content (AvgIpc) is 2.79. The summed E-state index contributed by atoms with van der Waals surface area (Å²) in [6, 6.07) is 16.3. The van der Waals surface area contributed by atoms with E-state index < -0.39 is 5.97 Å². The zero-order valence-electron chi connectivity index (χ0n) is 17.5. The monoisotopic (exact) mass is 437 g/mol. The van der Waals surface area contributed by atoms with Crippen LogP contribution in [-0.4, -0.2) is 38.1 Å². The average molecular weight is 438 g/mol. The summed E-state index contributed by atoms with van der Waals surface area (Å²) in [4.78, 5) is 12.8. The summed E-state index contributed by atoms with van der Waals surface area (Å²) < 4.78 is 16.2. The molecule has 0 unspecified atom stereocenters. The van der Waals surface area contributed by atoms with E-state index in [-0.39, 0.29) is 0 Å². The fourth-order valence-corrected chi connectivity index (χ4v) is 3.17. The second kappa shape index (κ2) is 10.4. The predicted molar refractivity (Wildman–Crippen MR) is 125 cm³/mol. The lowest BCUT2D eigenvalue weighted by molar-refractivity contribution is 0.0734. The number of carbonyl (C=O) groups is 1. The van der Waals surface area contributed by atoms with E-state index in [2.05, 4.69) is 15.8 Å². The first kappa shape index (κ1) is 22.0. The molecule has 160 valence electrons. The quantitative estimate of drug-likeness (QED) is 0.191. The molecule has 0 heterocycles. The standard InChI is InChI=1S/C23H23N3O4S/c1-4-24-23(31)26-25-14-18-17-8-6-5-7-15(17)9-11-19(18)30-22(27)16-10-12-20(28-2)21(13-16)29-3/h5-14H,4H2,1-3H3,(H2,24,26,31)/b25-14+. The maximum atomic E-state index is 12.8. The minimum absolute atomic E-state index is 0.333. The van der Waals surface area contributed by atoms with Crippen LogP contribution in [0.15, 0.2) is 59.7 Å². The van der Waals surface area contributed by atoms with Gasteiger partial charge in [-0.05, 0) is 54.2 Å². The van der Waals surface area contributed by atoms with Crippen LogP contribution in [0.2, 0.25) is 0 Å². The molecule has 8 heteroatoms. The summed E-state index contributed by atoms with van der Waals surface area (Å²) in [6.45, 7) is 2.62. The Morgan fingerprint density at radius 1 is 1.03 bits per heavy atom. The molecule has 2 N–H and O–H groups in total. The van der Waals surface area contributed by atoms with Crippen molar-refractivity contribution in [1.29, 1.82) is 0 Å². The van der Waals surface area contributed by atoms with Crippen LogP contribution in [0.25, 0.3) is 10.8 Å². The fourth-order valence-electron chi connectivity index (χ4n) is 2.98. The topological polar surface area (TPSA) is 81.2 Å². The second-order valence-corrected chi connectivity index (χ2v) is 6.80. The first-order chi connectivity index (χ1) is 15.1. The number of thiocarbonyl (C=S) groups is 1. The van der Waals surface area contributed by atoms with Gasteiger partial charge in [0, 0.05) is 12.1 Å². The van der Waals surface area contributed by atoms with Gasteiger partial charge in [0.1, 0.15) is 5.75 Å². The third kappa shape index (κ3) is 5.29. The van der Waals surface area contributed by atoms with Gasteiger partial charge in [-0.2, -0.15) is 5.10 Å². The number of benzene rings is 3. The number of esters is 1. The number of nitrogens with zero attached hydrogens (tertiary/aromatic N) is 1. The lowest BCUT2D eigenvalue weighted by Gasteiger charge is -2.12. The van der Waals surface area contributed by atoms with Crippen molar-refractivity contribution in [3.63, 3.8) is 0 Å². The highest BCUT2D eigenvalue weighted by Crippen LogP contribution is 2.30. The summed E-state index contributed by atoms with van der Waals surface area (Å²) in [7, 11) is 3.04. The van der Waals surface area contributed by atoms with Crippen molar-refractivity contribution in [1.82, 2.24) is 10.7 Å². The Labute approximate surface area is 186 Å². The Kier molecular flexibility index (Phi) is 7.40. The molecule has 0 aliphatic heterocycles. The molecular formula is C23H23N3O4S. The highest BCUT2D eigenvalue weighted by atomic mass is 32.1.